The second-order valence-corrected chi connectivity index (χ2v) is 6.10. The Balaban J connectivity index is 0.00000625. The lowest BCUT2D eigenvalue weighted by molar-refractivity contribution is 0.117. The van der Waals surface area contributed by atoms with Crippen LogP contribution in [0.25, 0.3) is 0 Å². The van der Waals surface area contributed by atoms with Crippen LogP contribution >= 0.6 is 24.0 Å². The van der Waals surface area contributed by atoms with E-state index in [-0.39, 0.29) is 24.0 Å². The van der Waals surface area contributed by atoms with Gasteiger partial charge in [0.05, 0.1) is 27.4 Å². The van der Waals surface area contributed by atoms with E-state index in [1.807, 2.05) is 18.2 Å². The van der Waals surface area contributed by atoms with E-state index in [2.05, 4.69) is 36.4 Å². The minimum Gasteiger partial charge on any atom is -0.493 e. The van der Waals surface area contributed by atoms with Gasteiger partial charge in [0, 0.05) is 19.7 Å². The van der Waals surface area contributed by atoms with E-state index < -0.39 is 0 Å². The maximum atomic E-state index is 5.56. The van der Waals surface area contributed by atoms with Crippen molar-refractivity contribution in [1.82, 2.24) is 10.6 Å². The van der Waals surface area contributed by atoms with Gasteiger partial charge in [-0.3, -0.25) is 4.99 Å². The van der Waals surface area contributed by atoms with Gasteiger partial charge in [0.1, 0.15) is 0 Å². The minimum absolute atomic E-state index is 0. The van der Waals surface area contributed by atoms with Crippen LogP contribution in [0.5, 0.6) is 11.5 Å². The van der Waals surface area contributed by atoms with Crippen LogP contribution in [0.4, 0.5) is 0 Å². The van der Waals surface area contributed by atoms with E-state index in [1.54, 1.807) is 14.2 Å². The Labute approximate surface area is 175 Å². The molecule has 0 fully saturated rings. The highest BCUT2D eigenvalue weighted by Crippen LogP contribution is 2.27. The van der Waals surface area contributed by atoms with Crippen molar-refractivity contribution in [3.8, 4) is 11.5 Å². The summed E-state index contributed by atoms with van der Waals surface area (Å²) in [5, 5.41) is 6.59. The van der Waals surface area contributed by atoms with E-state index in [4.69, 9.17) is 14.2 Å². The Bertz CT molecular complexity index is 525. The Morgan fingerprint density at radius 2 is 1.85 bits per heavy atom. The summed E-state index contributed by atoms with van der Waals surface area (Å²) in [5.74, 6) is 2.87. The summed E-state index contributed by atoms with van der Waals surface area (Å²) in [6.07, 6.45) is 0.870. The third kappa shape index (κ3) is 10.1. The maximum absolute atomic E-state index is 5.56. The molecule has 0 aliphatic heterocycles. The number of hydrogen-bond donors (Lipinski definition) is 2. The van der Waals surface area contributed by atoms with Crippen LogP contribution in [0.3, 0.4) is 0 Å². The van der Waals surface area contributed by atoms with Gasteiger partial charge < -0.3 is 24.8 Å². The molecule has 0 amide bonds. The predicted molar refractivity (Wildman–Crippen MR) is 118 cm³/mol. The molecule has 0 bridgehead atoms. The third-order valence-electron chi connectivity index (χ3n) is 3.46. The second-order valence-electron chi connectivity index (χ2n) is 6.10. The molecule has 1 rings (SSSR count). The first-order valence-electron chi connectivity index (χ1n) is 8.91. The summed E-state index contributed by atoms with van der Waals surface area (Å²) in [6.45, 7) is 10.0. The molecule has 1 aromatic carbocycles. The molecule has 26 heavy (non-hydrogen) atoms. The van der Waals surface area contributed by atoms with Gasteiger partial charge in [0.2, 0.25) is 0 Å². The fourth-order valence-electron chi connectivity index (χ4n) is 2.24. The standard InChI is InChI=1S/C19H33N3O3.HI/c1-6-20-19(22-11-12-25-14-15(2)3)21-10-9-16-7-8-17(23-4)18(13-16)24-5;/h7-8,13,15H,6,9-12,14H2,1-5H3,(H2,20,21,22);1H. The number of halogens is 1. The second kappa shape index (κ2) is 14.9. The third-order valence-corrected chi connectivity index (χ3v) is 3.46. The number of ether oxygens (including phenoxy) is 3. The van der Waals surface area contributed by atoms with Crippen molar-refractivity contribution in [3.05, 3.63) is 23.8 Å². The quantitative estimate of drug-likeness (QED) is 0.221. The molecule has 2 N–H and O–H groups in total. The van der Waals surface area contributed by atoms with Crippen LogP contribution in [0, 0.1) is 5.92 Å². The molecular weight excluding hydrogens is 445 g/mol. The Hall–Kier alpha value is -1.22. The fourth-order valence-corrected chi connectivity index (χ4v) is 2.24. The molecule has 0 spiro atoms. The summed E-state index contributed by atoms with van der Waals surface area (Å²) in [6, 6.07) is 5.98. The van der Waals surface area contributed by atoms with Crippen molar-refractivity contribution in [1.29, 1.82) is 0 Å². The topological polar surface area (TPSA) is 64.1 Å². The van der Waals surface area contributed by atoms with Crippen molar-refractivity contribution < 1.29 is 14.2 Å². The first-order chi connectivity index (χ1) is 12.1. The molecule has 1 aromatic rings. The van der Waals surface area contributed by atoms with Crippen LogP contribution < -0.4 is 20.1 Å². The summed E-state index contributed by atoms with van der Waals surface area (Å²) in [5.41, 5.74) is 1.18. The van der Waals surface area contributed by atoms with Crippen molar-refractivity contribution in [2.75, 3.05) is 47.1 Å². The molecule has 6 nitrogen and oxygen atoms in total. The zero-order valence-electron chi connectivity index (χ0n) is 16.6. The number of methoxy groups -OCH3 is 2. The average Bonchev–Trinajstić information content (AvgIpc) is 2.60. The highest BCUT2D eigenvalue weighted by atomic mass is 127. The fraction of sp³-hybridized carbons (Fsp3) is 0.632. The van der Waals surface area contributed by atoms with Crippen LogP contribution in [0.1, 0.15) is 26.3 Å². The number of nitrogens with one attached hydrogen (secondary N) is 2. The molecule has 0 unspecified atom stereocenters. The van der Waals surface area contributed by atoms with E-state index in [0.717, 1.165) is 43.6 Å². The smallest absolute Gasteiger partial charge is 0.191 e. The molecule has 0 aliphatic rings. The van der Waals surface area contributed by atoms with Crippen molar-refractivity contribution in [3.63, 3.8) is 0 Å². The molecule has 0 saturated heterocycles. The predicted octanol–water partition coefficient (Wildman–Crippen LogP) is 3.09. The van der Waals surface area contributed by atoms with Crippen molar-refractivity contribution in [2.45, 2.75) is 27.2 Å². The molecule has 0 aliphatic carbocycles. The van der Waals surface area contributed by atoms with Gasteiger partial charge in [-0.1, -0.05) is 19.9 Å². The van der Waals surface area contributed by atoms with Gasteiger partial charge in [0.25, 0.3) is 0 Å². The molecule has 0 radical (unpaired) electrons. The largest absolute Gasteiger partial charge is 0.493 e. The summed E-state index contributed by atoms with van der Waals surface area (Å²) >= 11 is 0. The van der Waals surface area contributed by atoms with E-state index in [1.165, 1.54) is 5.56 Å². The molecule has 0 saturated carbocycles. The van der Waals surface area contributed by atoms with Gasteiger partial charge in [-0.05, 0) is 37.0 Å². The van der Waals surface area contributed by atoms with Crippen LogP contribution in [-0.2, 0) is 11.2 Å². The minimum atomic E-state index is 0. The van der Waals surface area contributed by atoms with Crippen molar-refractivity contribution >= 4 is 29.9 Å². The Morgan fingerprint density at radius 3 is 2.46 bits per heavy atom. The molecule has 150 valence electrons. The average molecular weight is 479 g/mol. The molecule has 0 atom stereocenters. The first kappa shape index (κ1) is 24.8. The Kier molecular flexibility index (Phi) is 14.2. The number of rotatable bonds is 11. The number of nitrogens with zero attached hydrogens (tertiary/aromatic N) is 1. The van der Waals surface area contributed by atoms with Crippen LogP contribution in [0.15, 0.2) is 23.2 Å². The lowest BCUT2D eigenvalue weighted by Gasteiger charge is -2.13. The van der Waals surface area contributed by atoms with Crippen LogP contribution in [0.2, 0.25) is 0 Å². The number of guanidine groups is 1. The summed E-state index contributed by atoms with van der Waals surface area (Å²) < 4.78 is 16.2. The summed E-state index contributed by atoms with van der Waals surface area (Å²) in [4.78, 5) is 4.53. The zero-order valence-corrected chi connectivity index (χ0v) is 19.0. The zero-order chi connectivity index (χ0) is 18.5. The SMILES string of the molecule is CCNC(=NCCOCC(C)C)NCCc1ccc(OC)c(OC)c1.I. The number of benzene rings is 1. The van der Waals surface area contributed by atoms with Gasteiger partial charge in [0.15, 0.2) is 17.5 Å². The van der Waals surface area contributed by atoms with Gasteiger partial charge in [-0.2, -0.15) is 0 Å². The van der Waals surface area contributed by atoms with E-state index in [0.29, 0.717) is 19.1 Å². The summed E-state index contributed by atoms with van der Waals surface area (Å²) in [7, 11) is 3.29. The van der Waals surface area contributed by atoms with Gasteiger partial charge in [-0.15, -0.1) is 24.0 Å². The highest BCUT2D eigenvalue weighted by molar-refractivity contribution is 14.0. The lowest BCUT2D eigenvalue weighted by Crippen LogP contribution is -2.38. The lowest BCUT2D eigenvalue weighted by atomic mass is 10.1. The van der Waals surface area contributed by atoms with Gasteiger partial charge in [-0.25, -0.2) is 0 Å². The molecule has 7 heteroatoms. The van der Waals surface area contributed by atoms with E-state index >= 15 is 0 Å². The van der Waals surface area contributed by atoms with E-state index in [9.17, 15) is 0 Å². The van der Waals surface area contributed by atoms with Crippen molar-refractivity contribution in [2.24, 2.45) is 10.9 Å². The molecule has 0 heterocycles. The molecule has 0 aromatic heterocycles. The Morgan fingerprint density at radius 1 is 1.12 bits per heavy atom. The highest BCUT2D eigenvalue weighted by Gasteiger charge is 2.05. The maximum Gasteiger partial charge on any atom is 0.191 e. The normalized spacial score (nSPS) is 11.1. The van der Waals surface area contributed by atoms with Gasteiger partial charge >= 0.3 is 0 Å². The first-order valence-corrected chi connectivity index (χ1v) is 8.91. The van der Waals surface area contributed by atoms with Crippen LogP contribution in [-0.4, -0.2) is 53.0 Å². The number of hydrogen-bond acceptors (Lipinski definition) is 4. The number of aliphatic imine (C=N–C) groups is 1. The molecular formula is C19H34IN3O3. The monoisotopic (exact) mass is 479 g/mol.